The summed E-state index contributed by atoms with van der Waals surface area (Å²) in [6, 6.07) is 0. The molecule has 0 aromatic rings. The average Bonchev–Trinajstić information content (AvgIpc) is 3.30. The minimum absolute atomic E-state index is 0.111. The van der Waals surface area contributed by atoms with Crippen molar-refractivity contribution in [2.75, 3.05) is 13.2 Å². The Hall–Kier alpha value is -4.97. The van der Waals surface area contributed by atoms with E-state index in [9.17, 15) is 14.4 Å². The average molecular weight is 893 g/mol. The van der Waals surface area contributed by atoms with Gasteiger partial charge in [-0.25, -0.2) is 0 Å². The number of ether oxygens (including phenoxy) is 3. The second kappa shape index (κ2) is 51.7. The summed E-state index contributed by atoms with van der Waals surface area (Å²) < 4.78 is 16.6. The van der Waals surface area contributed by atoms with Gasteiger partial charge in [0.1, 0.15) is 13.2 Å². The number of carbonyl (C=O) groups is 3. The molecule has 0 N–H and O–H groups in total. The molecule has 0 rings (SSSR count). The maximum absolute atomic E-state index is 12.8. The SMILES string of the molecule is CC/C=C\C/C=C\C/C=C\C/C=C\C/C=C\C/C=C\CCC(=O)OCC(COC(=O)C/C=C\C/C=C\C/C=C\CC)OC(=O)CCCCCCCC/C=C\C/C=C\C/C=C\C/C=C\CC. The lowest BCUT2D eigenvalue weighted by molar-refractivity contribution is -0.166. The number of hydrogen-bond donors (Lipinski definition) is 0. The minimum atomic E-state index is -0.859. The molecular formula is C59H88O6. The lowest BCUT2D eigenvalue weighted by Gasteiger charge is -2.18. The van der Waals surface area contributed by atoms with Crippen molar-refractivity contribution in [1.29, 1.82) is 0 Å². The molecule has 1 unspecified atom stereocenters. The van der Waals surface area contributed by atoms with Crippen LogP contribution in [0, 0.1) is 0 Å². The van der Waals surface area contributed by atoms with Crippen molar-refractivity contribution in [2.45, 2.75) is 181 Å². The van der Waals surface area contributed by atoms with Crippen LogP contribution in [0.5, 0.6) is 0 Å². The summed E-state index contributed by atoms with van der Waals surface area (Å²) in [6.45, 7) is 6.08. The van der Waals surface area contributed by atoms with Crippen molar-refractivity contribution in [1.82, 2.24) is 0 Å². The van der Waals surface area contributed by atoms with E-state index >= 15 is 0 Å². The van der Waals surface area contributed by atoms with E-state index in [1.165, 1.54) is 12.8 Å². The first kappa shape index (κ1) is 60.0. The van der Waals surface area contributed by atoms with Crippen molar-refractivity contribution in [2.24, 2.45) is 0 Å². The molecule has 6 heteroatoms. The maximum Gasteiger partial charge on any atom is 0.309 e. The Kier molecular flexibility index (Phi) is 47.7. The van der Waals surface area contributed by atoms with E-state index in [2.05, 4.69) is 154 Å². The van der Waals surface area contributed by atoms with Crippen molar-refractivity contribution in [3.63, 3.8) is 0 Å². The van der Waals surface area contributed by atoms with Crippen molar-refractivity contribution < 1.29 is 28.6 Å². The zero-order valence-corrected chi connectivity index (χ0v) is 40.9. The van der Waals surface area contributed by atoms with Crippen LogP contribution in [0.4, 0.5) is 0 Å². The van der Waals surface area contributed by atoms with Crippen LogP contribution < -0.4 is 0 Å². The molecule has 360 valence electrons. The number of hydrogen-bond acceptors (Lipinski definition) is 6. The summed E-state index contributed by atoms with van der Waals surface area (Å²) in [5.74, 6) is -1.19. The van der Waals surface area contributed by atoms with E-state index in [0.29, 0.717) is 6.42 Å². The molecular weight excluding hydrogens is 805 g/mol. The molecule has 6 nitrogen and oxygen atoms in total. The van der Waals surface area contributed by atoms with E-state index in [0.717, 1.165) is 116 Å². The highest BCUT2D eigenvalue weighted by atomic mass is 16.6. The predicted octanol–water partition coefficient (Wildman–Crippen LogP) is 16.6. The van der Waals surface area contributed by atoms with E-state index < -0.39 is 12.1 Å². The topological polar surface area (TPSA) is 78.9 Å². The normalized spacial score (nSPS) is 13.5. The van der Waals surface area contributed by atoms with E-state index in [1.807, 2.05) is 18.2 Å². The molecule has 0 bridgehead atoms. The maximum atomic E-state index is 12.8. The summed E-state index contributed by atoms with van der Waals surface area (Å²) in [5.41, 5.74) is 0. The standard InChI is InChI=1S/C59H88O6/c1-4-7-10-13-16-19-21-23-25-27-29-31-33-35-37-40-43-46-49-52-58(61)64-55-56(54-63-57(60)51-48-45-42-39-18-15-12-9-6-3)65-59(62)53-50-47-44-41-38-36-34-32-30-28-26-24-22-20-17-14-11-8-5-2/h7-12,16-20,23-26,29-32,35,37,39,43,45-46,48,56H,4-6,13-15,21-22,27-28,33-34,36,38,40-42,44,47,49-55H2,1-3H3/b10-7-,11-8-,12-9-,19-16-,20-17-,25-23-,26-24-,31-29-,32-30-,37-35-,39-18-,46-43-,48-45-. The Bertz CT molecular complexity index is 1540. The van der Waals surface area contributed by atoms with Crippen LogP contribution in [-0.4, -0.2) is 37.2 Å². The van der Waals surface area contributed by atoms with Gasteiger partial charge in [-0.2, -0.15) is 0 Å². The van der Waals surface area contributed by atoms with Gasteiger partial charge in [0, 0.05) is 12.8 Å². The van der Waals surface area contributed by atoms with Crippen LogP contribution in [0.25, 0.3) is 0 Å². The van der Waals surface area contributed by atoms with E-state index in [1.54, 1.807) is 6.08 Å². The molecule has 0 aromatic heterocycles. The first-order chi connectivity index (χ1) is 32.0. The van der Waals surface area contributed by atoms with Crippen LogP contribution >= 0.6 is 0 Å². The van der Waals surface area contributed by atoms with Crippen LogP contribution in [0.2, 0.25) is 0 Å². The smallest absolute Gasteiger partial charge is 0.309 e. The second-order valence-electron chi connectivity index (χ2n) is 15.6. The molecule has 0 aliphatic carbocycles. The van der Waals surface area contributed by atoms with Gasteiger partial charge in [-0.05, 0) is 109 Å². The van der Waals surface area contributed by atoms with Crippen LogP contribution in [0.3, 0.4) is 0 Å². The summed E-state index contributed by atoms with van der Waals surface area (Å²) in [5, 5.41) is 0. The van der Waals surface area contributed by atoms with Crippen LogP contribution in [-0.2, 0) is 28.6 Å². The molecule has 1 atom stereocenters. The van der Waals surface area contributed by atoms with E-state index in [4.69, 9.17) is 14.2 Å². The van der Waals surface area contributed by atoms with Crippen LogP contribution in [0.15, 0.2) is 158 Å². The molecule has 0 aliphatic rings. The number of allylic oxidation sites excluding steroid dienone is 25. The fourth-order valence-electron chi connectivity index (χ4n) is 5.93. The molecule has 0 aliphatic heterocycles. The van der Waals surface area contributed by atoms with Gasteiger partial charge in [0.2, 0.25) is 0 Å². The number of carbonyl (C=O) groups excluding carboxylic acids is 3. The number of unbranched alkanes of at least 4 members (excludes halogenated alkanes) is 6. The van der Waals surface area contributed by atoms with Gasteiger partial charge in [-0.15, -0.1) is 0 Å². The summed E-state index contributed by atoms with van der Waals surface area (Å²) >= 11 is 0. The second-order valence-corrected chi connectivity index (χ2v) is 15.6. The molecule has 0 amide bonds. The molecule has 0 spiro atoms. The lowest BCUT2D eigenvalue weighted by Crippen LogP contribution is -2.30. The fourth-order valence-corrected chi connectivity index (χ4v) is 5.93. The molecule has 0 saturated carbocycles. The monoisotopic (exact) mass is 893 g/mol. The minimum Gasteiger partial charge on any atom is -0.462 e. The summed E-state index contributed by atoms with van der Waals surface area (Å²) in [4.78, 5) is 37.8. The first-order valence-electron chi connectivity index (χ1n) is 25.0. The Balaban J connectivity index is 4.56. The highest BCUT2D eigenvalue weighted by Crippen LogP contribution is 2.11. The zero-order chi connectivity index (χ0) is 47.2. The van der Waals surface area contributed by atoms with Gasteiger partial charge in [0.15, 0.2) is 6.10 Å². The van der Waals surface area contributed by atoms with Crippen molar-refractivity contribution >= 4 is 17.9 Å². The Morgan fingerprint density at radius 1 is 0.323 bits per heavy atom. The Labute approximate surface area is 397 Å². The van der Waals surface area contributed by atoms with Gasteiger partial charge in [0.25, 0.3) is 0 Å². The lowest BCUT2D eigenvalue weighted by atomic mass is 10.1. The first-order valence-corrected chi connectivity index (χ1v) is 25.0. The largest absolute Gasteiger partial charge is 0.462 e. The van der Waals surface area contributed by atoms with Crippen LogP contribution in [0.1, 0.15) is 175 Å². The quantitative estimate of drug-likeness (QED) is 0.0263. The molecule has 65 heavy (non-hydrogen) atoms. The fraction of sp³-hybridized carbons (Fsp3) is 0.508. The predicted molar refractivity (Wildman–Crippen MR) is 278 cm³/mol. The highest BCUT2D eigenvalue weighted by molar-refractivity contribution is 5.72. The van der Waals surface area contributed by atoms with Gasteiger partial charge >= 0.3 is 17.9 Å². The van der Waals surface area contributed by atoms with Gasteiger partial charge in [-0.1, -0.05) is 204 Å². The molecule has 0 aromatic carbocycles. The summed E-state index contributed by atoms with van der Waals surface area (Å²) in [7, 11) is 0. The van der Waals surface area contributed by atoms with Gasteiger partial charge in [0.05, 0.1) is 6.42 Å². The molecule has 0 fully saturated rings. The van der Waals surface area contributed by atoms with Gasteiger partial charge in [-0.3, -0.25) is 14.4 Å². The summed E-state index contributed by atoms with van der Waals surface area (Å²) in [6.07, 6.45) is 75.6. The highest BCUT2D eigenvalue weighted by Gasteiger charge is 2.19. The molecule has 0 saturated heterocycles. The Morgan fingerprint density at radius 3 is 1.06 bits per heavy atom. The van der Waals surface area contributed by atoms with Crippen molar-refractivity contribution in [3.05, 3.63) is 158 Å². The van der Waals surface area contributed by atoms with Gasteiger partial charge < -0.3 is 14.2 Å². The zero-order valence-electron chi connectivity index (χ0n) is 40.9. The molecule has 0 radical (unpaired) electrons. The number of rotatable bonds is 42. The third-order valence-electron chi connectivity index (χ3n) is 9.56. The third-order valence-corrected chi connectivity index (χ3v) is 9.56. The number of esters is 3. The van der Waals surface area contributed by atoms with Crippen molar-refractivity contribution in [3.8, 4) is 0 Å². The van der Waals surface area contributed by atoms with E-state index in [-0.39, 0.29) is 44.4 Å². The molecule has 0 heterocycles. The Morgan fingerprint density at radius 2 is 0.646 bits per heavy atom. The third kappa shape index (κ3) is 49.9.